The van der Waals surface area contributed by atoms with E-state index in [4.69, 9.17) is 9.47 Å². The summed E-state index contributed by atoms with van der Waals surface area (Å²) in [6, 6.07) is 7.40. The van der Waals surface area contributed by atoms with Gasteiger partial charge in [0.15, 0.2) is 0 Å². The number of hydrogen-bond donors (Lipinski definition) is 1. The van der Waals surface area contributed by atoms with Crippen LogP contribution in [-0.2, 0) is 4.74 Å². The van der Waals surface area contributed by atoms with Crippen LogP contribution >= 0.6 is 0 Å². The third-order valence-corrected chi connectivity index (χ3v) is 4.12. The maximum atomic E-state index is 12.1. The molecular formula is C18H31N2O3+. The predicted octanol–water partition coefficient (Wildman–Crippen LogP) is 3.90. The van der Waals surface area contributed by atoms with Gasteiger partial charge < -0.3 is 14.0 Å². The van der Waals surface area contributed by atoms with Crippen LogP contribution in [0, 0.1) is 0 Å². The second-order valence-corrected chi connectivity index (χ2v) is 6.12. The number of quaternary nitrogens is 1. The molecule has 5 heteroatoms. The third-order valence-electron chi connectivity index (χ3n) is 4.12. The fourth-order valence-corrected chi connectivity index (χ4v) is 2.37. The Bertz CT molecular complexity index is 487. The molecular weight excluding hydrogens is 292 g/mol. The molecule has 0 saturated heterocycles. The topological polar surface area (TPSA) is 47.6 Å². The minimum atomic E-state index is -0.441. The molecule has 23 heavy (non-hydrogen) atoms. The van der Waals surface area contributed by atoms with Crippen molar-refractivity contribution in [1.82, 2.24) is 0 Å². The number of carbonyl (C=O) groups excluding carboxylic acids is 1. The van der Waals surface area contributed by atoms with E-state index in [9.17, 15) is 4.79 Å². The van der Waals surface area contributed by atoms with Crippen LogP contribution in [0.5, 0.6) is 5.75 Å². The highest BCUT2D eigenvalue weighted by Crippen LogP contribution is 2.24. The zero-order valence-electron chi connectivity index (χ0n) is 15.1. The molecule has 0 radical (unpaired) electrons. The number of benzene rings is 1. The molecule has 1 atom stereocenters. The van der Waals surface area contributed by atoms with Crippen LogP contribution in [0.1, 0.15) is 34.1 Å². The van der Waals surface area contributed by atoms with Gasteiger partial charge in [0, 0.05) is 0 Å². The Kier molecular flexibility index (Phi) is 7.89. The van der Waals surface area contributed by atoms with E-state index < -0.39 is 6.09 Å². The lowest BCUT2D eigenvalue weighted by molar-refractivity contribution is -0.908. The zero-order valence-corrected chi connectivity index (χ0v) is 15.1. The summed E-state index contributed by atoms with van der Waals surface area (Å²) >= 11 is 0. The SMILES string of the molecule is CCCOc1ccccc1NC(=O)OC(C)C[N+](C)(CC)CC. The summed E-state index contributed by atoms with van der Waals surface area (Å²) < 4.78 is 12.0. The van der Waals surface area contributed by atoms with Crippen molar-refractivity contribution in [2.45, 2.75) is 40.2 Å². The summed E-state index contributed by atoms with van der Waals surface area (Å²) in [7, 11) is 2.17. The Labute approximate surface area is 140 Å². The van der Waals surface area contributed by atoms with E-state index in [2.05, 4.69) is 26.2 Å². The molecule has 0 aliphatic rings. The van der Waals surface area contributed by atoms with Crippen LogP contribution in [0.25, 0.3) is 0 Å². The smallest absolute Gasteiger partial charge is 0.412 e. The minimum Gasteiger partial charge on any atom is -0.491 e. The van der Waals surface area contributed by atoms with Crippen LogP contribution in [0.4, 0.5) is 10.5 Å². The van der Waals surface area contributed by atoms with Crippen LogP contribution in [0.3, 0.4) is 0 Å². The molecule has 1 N–H and O–H groups in total. The number of nitrogens with one attached hydrogen (secondary N) is 1. The van der Waals surface area contributed by atoms with Crippen molar-refractivity contribution in [2.75, 3.05) is 38.6 Å². The van der Waals surface area contributed by atoms with Crippen LogP contribution in [0.2, 0.25) is 0 Å². The molecule has 1 amide bonds. The summed E-state index contributed by atoms with van der Waals surface area (Å²) in [5.41, 5.74) is 0.640. The lowest BCUT2D eigenvalue weighted by atomic mass is 10.3. The summed E-state index contributed by atoms with van der Waals surface area (Å²) in [5.74, 6) is 0.668. The van der Waals surface area contributed by atoms with Gasteiger partial charge in [-0.05, 0) is 39.3 Å². The van der Waals surface area contributed by atoms with Crippen molar-refractivity contribution < 1.29 is 18.8 Å². The molecule has 130 valence electrons. The van der Waals surface area contributed by atoms with Gasteiger partial charge in [-0.25, -0.2) is 4.79 Å². The summed E-state index contributed by atoms with van der Waals surface area (Å²) in [4.78, 5) is 12.1. The molecule has 1 unspecified atom stereocenters. The van der Waals surface area contributed by atoms with Crippen molar-refractivity contribution >= 4 is 11.8 Å². The van der Waals surface area contributed by atoms with Gasteiger partial charge in [0.2, 0.25) is 0 Å². The molecule has 0 spiro atoms. The zero-order chi connectivity index (χ0) is 17.3. The number of anilines is 1. The number of para-hydroxylation sites is 2. The van der Waals surface area contributed by atoms with E-state index in [0.29, 0.717) is 18.0 Å². The average molecular weight is 323 g/mol. The molecule has 0 aliphatic carbocycles. The van der Waals surface area contributed by atoms with E-state index >= 15 is 0 Å². The Morgan fingerprint density at radius 2 is 1.87 bits per heavy atom. The van der Waals surface area contributed by atoms with E-state index in [1.807, 2.05) is 38.1 Å². The van der Waals surface area contributed by atoms with Gasteiger partial charge in [-0.3, -0.25) is 5.32 Å². The second-order valence-electron chi connectivity index (χ2n) is 6.12. The van der Waals surface area contributed by atoms with Gasteiger partial charge in [-0.2, -0.15) is 0 Å². The Morgan fingerprint density at radius 3 is 2.48 bits per heavy atom. The number of nitrogens with zero attached hydrogens (tertiary/aromatic N) is 1. The number of carbonyl (C=O) groups is 1. The molecule has 0 aromatic heterocycles. The number of rotatable bonds is 9. The van der Waals surface area contributed by atoms with Gasteiger partial charge in [0.25, 0.3) is 0 Å². The van der Waals surface area contributed by atoms with Gasteiger partial charge in [0.05, 0.1) is 32.4 Å². The first kappa shape index (κ1) is 19.3. The first-order chi connectivity index (χ1) is 10.9. The summed E-state index contributed by atoms with van der Waals surface area (Å²) in [5, 5.41) is 2.78. The predicted molar refractivity (Wildman–Crippen MR) is 93.9 cm³/mol. The molecule has 5 nitrogen and oxygen atoms in total. The quantitative estimate of drug-likeness (QED) is 0.701. The summed E-state index contributed by atoms with van der Waals surface area (Å²) in [6.45, 7) is 11.7. The molecule has 0 aliphatic heterocycles. The molecule has 0 saturated carbocycles. The Morgan fingerprint density at radius 1 is 1.22 bits per heavy atom. The highest BCUT2D eigenvalue weighted by Gasteiger charge is 2.23. The van der Waals surface area contributed by atoms with E-state index in [1.165, 1.54) is 0 Å². The number of hydrogen-bond acceptors (Lipinski definition) is 3. The number of amides is 1. The monoisotopic (exact) mass is 323 g/mol. The first-order valence-corrected chi connectivity index (χ1v) is 8.47. The highest BCUT2D eigenvalue weighted by atomic mass is 16.6. The van der Waals surface area contributed by atoms with Crippen molar-refractivity contribution in [3.05, 3.63) is 24.3 Å². The standard InChI is InChI=1S/C18H30N2O3/c1-6-13-22-17-12-10-9-11-16(17)19-18(21)23-15(4)14-20(5,7-2)8-3/h9-12,15H,6-8,13-14H2,1-5H3/p+1. The molecule has 0 heterocycles. The Hall–Kier alpha value is -1.75. The second kappa shape index (κ2) is 9.40. The molecule has 0 fully saturated rings. The van der Waals surface area contributed by atoms with Crippen molar-refractivity contribution in [3.8, 4) is 5.75 Å². The molecule has 1 rings (SSSR count). The van der Waals surface area contributed by atoms with Crippen molar-refractivity contribution in [2.24, 2.45) is 0 Å². The molecule has 0 bridgehead atoms. The van der Waals surface area contributed by atoms with Crippen molar-refractivity contribution in [1.29, 1.82) is 0 Å². The first-order valence-electron chi connectivity index (χ1n) is 8.47. The van der Waals surface area contributed by atoms with Crippen LogP contribution in [0.15, 0.2) is 24.3 Å². The average Bonchev–Trinajstić information content (AvgIpc) is 2.53. The van der Waals surface area contributed by atoms with Gasteiger partial charge in [-0.15, -0.1) is 0 Å². The van der Waals surface area contributed by atoms with E-state index in [1.54, 1.807) is 0 Å². The normalized spacial score (nSPS) is 12.6. The lowest BCUT2D eigenvalue weighted by Crippen LogP contribution is -2.48. The maximum Gasteiger partial charge on any atom is 0.412 e. The van der Waals surface area contributed by atoms with Gasteiger partial charge in [0.1, 0.15) is 18.4 Å². The van der Waals surface area contributed by atoms with E-state index in [0.717, 1.165) is 30.5 Å². The minimum absolute atomic E-state index is 0.149. The Balaban J connectivity index is 2.60. The van der Waals surface area contributed by atoms with E-state index in [-0.39, 0.29) is 6.10 Å². The van der Waals surface area contributed by atoms with Crippen LogP contribution in [-0.4, -0.2) is 50.0 Å². The third kappa shape index (κ3) is 6.48. The summed E-state index contributed by atoms with van der Waals surface area (Å²) in [6.07, 6.45) is 0.327. The number of likely N-dealkylation sites (N-methyl/N-ethyl adjacent to an activating group) is 1. The fourth-order valence-electron chi connectivity index (χ4n) is 2.37. The van der Waals surface area contributed by atoms with Crippen LogP contribution < -0.4 is 10.1 Å². The lowest BCUT2D eigenvalue weighted by Gasteiger charge is -2.34. The molecule has 1 aromatic rings. The fraction of sp³-hybridized carbons (Fsp3) is 0.611. The van der Waals surface area contributed by atoms with Gasteiger partial charge in [-0.1, -0.05) is 19.1 Å². The highest BCUT2D eigenvalue weighted by molar-refractivity contribution is 5.86. The largest absolute Gasteiger partial charge is 0.491 e. The van der Waals surface area contributed by atoms with Gasteiger partial charge >= 0.3 is 6.09 Å². The maximum absolute atomic E-state index is 12.1. The molecule has 1 aromatic carbocycles. The van der Waals surface area contributed by atoms with Crippen molar-refractivity contribution in [3.63, 3.8) is 0 Å². The number of ether oxygens (including phenoxy) is 2.